The van der Waals surface area contributed by atoms with Crippen LogP contribution in [0.1, 0.15) is 23.0 Å². The van der Waals surface area contributed by atoms with Crippen LogP contribution in [0.4, 0.5) is 0 Å². The first kappa shape index (κ1) is 14.3. The number of halogens is 1. The number of aryl methyl sites for hydroxylation is 1. The summed E-state index contributed by atoms with van der Waals surface area (Å²) in [5.74, 6) is 0.610. The molecular weight excluding hydrogens is 278 g/mol. The van der Waals surface area contributed by atoms with Gasteiger partial charge < -0.3 is 9.47 Å². The lowest BCUT2D eigenvalue weighted by atomic mass is 10.1. The van der Waals surface area contributed by atoms with Crippen LogP contribution in [-0.2, 0) is 11.2 Å². The van der Waals surface area contributed by atoms with Gasteiger partial charge in [0.15, 0.2) is 0 Å². The number of ether oxygens (including phenoxy) is 2. The Morgan fingerprint density at radius 1 is 1.30 bits per heavy atom. The van der Waals surface area contributed by atoms with E-state index in [0.29, 0.717) is 34.3 Å². The molecule has 0 amide bonds. The van der Waals surface area contributed by atoms with Crippen LogP contribution in [0.15, 0.2) is 36.4 Å². The Labute approximate surface area is 122 Å². The second kappa shape index (κ2) is 6.39. The quantitative estimate of drug-likeness (QED) is 0.802. The van der Waals surface area contributed by atoms with Crippen molar-refractivity contribution in [1.29, 1.82) is 0 Å². The molecule has 1 heterocycles. The molecule has 0 spiro atoms. The standard InChI is InChI=1S/C15H14ClNO3/c1-3-13-12(15(18)19-2)7-8-14(17-13)20-11-6-4-5-10(16)9-11/h4-9H,3H2,1-2H3. The number of nitrogens with zero attached hydrogens (tertiary/aromatic N) is 1. The molecule has 0 N–H and O–H groups in total. The van der Waals surface area contributed by atoms with Crippen molar-refractivity contribution in [2.24, 2.45) is 0 Å². The zero-order valence-corrected chi connectivity index (χ0v) is 12.0. The van der Waals surface area contributed by atoms with Crippen LogP contribution < -0.4 is 4.74 Å². The predicted octanol–water partition coefficient (Wildman–Crippen LogP) is 3.88. The maximum absolute atomic E-state index is 11.6. The number of aromatic nitrogens is 1. The SMILES string of the molecule is CCc1nc(Oc2cccc(Cl)c2)ccc1C(=O)OC. The number of hydrogen-bond donors (Lipinski definition) is 0. The van der Waals surface area contributed by atoms with Gasteiger partial charge in [-0.1, -0.05) is 24.6 Å². The summed E-state index contributed by atoms with van der Waals surface area (Å²) in [6.45, 7) is 1.91. The topological polar surface area (TPSA) is 48.4 Å². The van der Waals surface area contributed by atoms with Crippen molar-refractivity contribution >= 4 is 17.6 Å². The maximum Gasteiger partial charge on any atom is 0.339 e. The normalized spacial score (nSPS) is 10.2. The summed E-state index contributed by atoms with van der Waals surface area (Å²) >= 11 is 5.89. The molecular formula is C15H14ClNO3. The molecule has 0 unspecified atom stereocenters. The van der Waals surface area contributed by atoms with E-state index in [1.54, 1.807) is 36.4 Å². The number of pyridine rings is 1. The van der Waals surface area contributed by atoms with Gasteiger partial charge in [-0.2, -0.15) is 0 Å². The first-order valence-electron chi connectivity index (χ1n) is 6.15. The second-order valence-electron chi connectivity index (χ2n) is 4.05. The van der Waals surface area contributed by atoms with Gasteiger partial charge in [0.05, 0.1) is 18.4 Å². The van der Waals surface area contributed by atoms with Gasteiger partial charge in [0.2, 0.25) is 5.88 Å². The fourth-order valence-corrected chi connectivity index (χ4v) is 1.93. The van der Waals surface area contributed by atoms with Crippen molar-refractivity contribution < 1.29 is 14.3 Å². The van der Waals surface area contributed by atoms with Crippen LogP contribution in [0.5, 0.6) is 11.6 Å². The molecule has 0 aliphatic heterocycles. The van der Waals surface area contributed by atoms with Crippen molar-refractivity contribution in [3.63, 3.8) is 0 Å². The van der Waals surface area contributed by atoms with E-state index in [-0.39, 0.29) is 0 Å². The highest BCUT2D eigenvalue weighted by Gasteiger charge is 2.13. The summed E-state index contributed by atoms with van der Waals surface area (Å²) < 4.78 is 10.3. The van der Waals surface area contributed by atoms with Gasteiger partial charge in [0.1, 0.15) is 5.75 Å². The Kier molecular flexibility index (Phi) is 4.58. The van der Waals surface area contributed by atoms with E-state index >= 15 is 0 Å². The van der Waals surface area contributed by atoms with Crippen LogP contribution in [-0.4, -0.2) is 18.1 Å². The highest BCUT2D eigenvalue weighted by atomic mass is 35.5. The second-order valence-corrected chi connectivity index (χ2v) is 4.48. The molecule has 1 aromatic carbocycles. The lowest BCUT2D eigenvalue weighted by Crippen LogP contribution is -2.07. The fourth-order valence-electron chi connectivity index (χ4n) is 1.75. The summed E-state index contributed by atoms with van der Waals surface area (Å²) in [7, 11) is 1.35. The third-order valence-electron chi connectivity index (χ3n) is 2.71. The Bertz CT molecular complexity index is 628. The number of rotatable bonds is 4. The maximum atomic E-state index is 11.6. The number of esters is 1. The molecule has 0 bridgehead atoms. The van der Waals surface area contributed by atoms with E-state index < -0.39 is 5.97 Å². The minimum absolute atomic E-state index is 0.399. The van der Waals surface area contributed by atoms with E-state index in [0.717, 1.165) is 0 Å². The van der Waals surface area contributed by atoms with Crippen molar-refractivity contribution in [3.8, 4) is 11.6 Å². The van der Waals surface area contributed by atoms with E-state index in [9.17, 15) is 4.79 Å². The average molecular weight is 292 g/mol. The van der Waals surface area contributed by atoms with E-state index in [2.05, 4.69) is 4.98 Å². The summed E-state index contributed by atoms with van der Waals surface area (Å²) in [5.41, 5.74) is 1.09. The molecule has 2 rings (SSSR count). The Balaban J connectivity index is 2.28. The monoisotopic (exact) mass is 291 g/mol. The van der Waals surface area contributed by atoms with Gasteiger partial charge in [0.25, 0.3) is 0 Å². The highest BCUT2D eigenvalue weighted by molar-refractivity contribution is 6.30. The highest BCUT2D eigenvalue weighted by Crippen LogP contribution is 2.24. The molecule has 5 heteroatoms. The zero-order valence-electron chi connectivity index (χ0n) is 11.2. The van der Waals surface area contributed by atoms with Crippen LogP contribution >= 0.6 is 11.6 Å². The number of benzene rings is 1. The minimum Gasteiger partial charge on any atom is -0.465 e. The van der Waals surface area contributed by atoms with E-state index in [1.165, 1.54) is 7.11 Å². The number of carbonyl (C=O) groups is 1. The van der Waals surface area contributed by atoms with E-state index in [4.69, 9.17) is 21.1 Å². The van der Waals surface area contributed by atoms with Crippen molar-refractivity contribution in [3.05, 3.63) is 52.7 Å². The van der Waals surface area contributed by atoms with Crippen molar-refractivity contribution in [2.45, 2.75) is 13.3 Å². The molecule has 0 aliphatic rings. The Morgan fingerprint density at radius 3 is 2.75 bits per heavy atom. The number of carbonyl (C=O) groups excluding carboxylic acids is 1. The summed E-state index contributed by atoms with van der Waals surface area (Å²) in [6, 6.07) is 10.3. The van der Waals surface area contributed by atoms with Gasteiger partial charge in [-0.25, -0.2) is 9.78 Å². The minimum atomic E-state index is -0.399. The summed E-state index contributed by atoms with van der Waals surface area (Å²) in [4.78, 5) is 15.9. The van der Waals surface area contributed by atoms with Crippen LogP contribution in [0.3, 0.4) is 0 Å². The number of hydrogen-bond acceptors (Lipinski definition) is 4. The molecule has 0 radical (unpaired) electrons. The Hall–Kier alpha value is -2.07. The van der Waals surface area contributed by atoms with Crippen LogP contribution in [0, 0.1) is 0 Å². The average Bonchev–Trinajstić information content (AvgIpc) is 2.46. The Morgan fingerprint density at radius 2 is 2.10 bits per heavy atom. The van der Waals surface area contributed by atoms with Gasteiger partial charge in [0, 0.05) is 11.1 Å². The first-order chi connectivity index (χ1) is 9.63. The molecule has 0 atom stereocenters. The van der Waals surface area contributed by atoms with E-state index in [1.807, 2.05) is 6.92 Å². The molecule has 0 saturated carbocycles. The number of methoxy groups -OCH3 is 1. The van der Waals surface area contributed by atoms with Gasteiger partial charge >= 0.3 is 5.97 Å². The molecule has 1 aromatic heterocycles. The molecule has 104 valence electrons. The lowest BCUT2D eigenvalue weighted by Gasteiger charge is -2.09. The van der Waals surface area contributed by atoms with Crippen LogP contribution in [0.25, 0.3) is 0 Å². The van der Waals surface area contributed by atoms with Crippen LogP contribution in [0.2, 0.25) is 5.02 Å². The fraction of sp³-hybridized carbons (Fsp3) is 0.200. The molecule has 0 fully saturated rings. The molecule has 0 aliphatic carbocycles. The molecule has 4 nitrogen and oxygen atoms in total. The third kappa shape index (κ3) is 3.27. The third-order valence-corrected chi connectivity index (χ3v) is 2.94. The lowest BCUT2D eigenvalue weighted by molar-refractivity contribution is 0.0599. The predicted molar refractivity (Wildman–Crippen MR) is 76.5 cm³/mol. The largest absolute Gasteiger partial charge is 0.465 e. The zero-order chi connectivity index (χ0) is 14.5. The molecule has 0 saturated heterocycles. The molecule has 2 aromatic rings. The van der Waals surface area contributed by atoms with Crippen molar-refractivity contribution in [1.82, 2.24) is 4.98 Å². The summed E-state index contributed by atoms with van der Waals surface area (Å²) in [5, 5.41) is 0.587. The van der Waals surface area contributed by atoms with Crippen molar-refractivity contribution in [2.75, 3.05) is 7.11 Å². The van der Waals surface area contributed by atoms with Gasteiger partial charge in [-0.05, 0) is 30.7 Å². The first-order valence-corrected chi connectivity index (χ1v) is 6.53. The smallest absolute Gasteiger partial charge is 0.339 e. The molecule has 20 heavy (non-hydrogen) atoms. The summed E-state index contributed by atoms with van der Waals surface area (Å²) in [6.07, 6.45) is 0.608. The van der Waals surface area contributed by atoms with Gasteiger partial charge in [-0.3, -0.25) is 0 Å². The van der Waals surface area contributed by atoms with Gasteiger partial charge in [-0.15, -0.1) is 0 Å².